The van der Waals surface area contributed by atoms with E-state index in [1.54, 1.807) is 23.2 Å². The number of aromatic amines is 1. The fourth-order valence-electron chi connectivity index (χ4n) is 3.49. The highest BCUT2D eigenvalue weighted by Crippen LogP contribution is 2.32. The van der Waals surface area contributed by atoms with Crippen LogP contribution in [0.5, 0.6) is 0 Å². The first-order valence-corrected chi connectivity index (χ1v) is 8.71. The molecule has 1 saturated heterocycles. The summed E-state index contributed by atoms with van der Waals surface area (Å²) in [4.78, 5) is 19.6. The summed E-state index contributed by atoms with van der Waals surface area (Å²) in [6.45, 7) is 1.93. The Hall–Kier alpha value is -2.96. The number of carbonyl (C=O) groups excluding carboxylic acids is 1. The number of piperazine rings is 1. The molecule has 4 rings (SSSR count). The molecule has 0 bridgehead atoms. The van der Waals surface area contributed by atoms with Crippen LogP contribution in [0, 0.1) is 0 Å². The molecule has 0 unspecified atom stereocenters. The second-order valence-corrected chi connectivity index (χ2v) is 6.57. The minimum absolute atomic E-state index is 0.0520. The molecule has 2 aromatic carbocycles. The number of carbonyl (C=O) groups is 1. The molecule has 140 valence electrons. The van der Waals surface area contributed by atoms with Gasteiger partial charge in [0, 0.05) is 54.5 Å². The number of benzene rings is 2. The highest BCUT2D eigenvalue weighted by Gasteiger charge is 2.31. The molecule has 0 aliphatic carbocycles. The normalized spacial score (nSPS) is 15.4. The second kappa shape index (κ2) is 6.64. The Balaban J connectivity index is 1.48. The summed E-state index contributed by atoms with van der Waals surface area (Å²) in [5.74, 6) is -0.0520. The highest BCUT2D eigenvalue weighted by molar-refractivity contribution is 6.06. The van der Waals surface area contributed by atoms with Gasteiger partial charge in [-0.2, -0.15) is 13.2 Å². The number of rotatable bonds is 2. The van der Waals surface area contributed by atoms with E-state index in [1.807, 2.05) is 23.1 Å². The van der Waals surface area contributed by atoms with Crippen molar-refractivity contribution in [2.75, 3.05) is 31.1 Å². The minimum Gasteiger partial charge on any atom is -0.368 e. The molecule has 1 fully saturated rings. The molecular weight excluding hydrogens is 355 g/mol. The van der Waals surface area contributed by atoms with E-state index in [0.29, 0.717) is 37.4 Å². The summed E-state index contributed by atoms with van der Waals surface area (Å²) in [6, 6.07) is 12.8. The van der Waals surface area contributed by atoms with Crippen molar-refractivity contribution in [2.24, 2.45) is 0 Å². The lowest BCUT2D eigenvalue weighted by Crippen LogP contribution is -2.48. The summed E-state index contributed by atoms with van der Waals surface area (Å²) in [5, 5.41) is 0.878. The number of fused-ring (bicyclic) bond motifs is 1. The largest absolute Gasteiger partial charge is 0.416 e. The van der Waals surface area contributed by atoms with Crippen molar-refractivity contribution in [1.82, 2.24) is 9.88 Å². The Bertz CT molecular complexity index is 972. The maximum absolute atomic E-state index is 12.9. The van der Waals surface area contributed by atoms with E-state index >= 15 is 0 Å². The summed E-state index contributed by atoms with van der Waals surface area (Å²) in [6.07, 6.45) is -2.56. The maximum Gasteiger partial charge on any atom is 0.416 e. The van der Waals surface area contributed by atoms with E-state index in [4.69, 9.17) is 0 Å². The summed E-state index contributed by atoms with van der Waals surface area (Å²) in [7, 11) is 0. The number of aromatic nitrogens is 1. The van der Waals surface area contributed by atoms with Gasteiger partial charge in [-0.3, -0.25) is 4.79 Å². The predicted molar refractivity (Wildman–Crippen MR) is 97.9 cm³/mol. The molecule has 3 aromatic rings. The average molecular weight is 373 g/mol. The zero-order chi connectivity index (χ0) is 19.0. The van der Waals surface area contributed by atoms with Crippen molar-refractivity contribution >= 4 is 22.5 Å². The van der Waals surface area contributed by atoms with Crippen molar-refractivity contribution in [1.29, 1.82) is 0 Å². The highest BCUT2D eigenvalue weighted by atomic mass is 19.4. The number of nitrogens with one attached hydrogen (secondary N) is 1. The number of hydrogen-bond donors (Lipinski definition) is 1. The molecule has 2 heterocycles. The number of nitrogens with zero attached hydrogens (tertiary/aromatic N) is 2. The van der Waals surface area contributed by atoms with E-state index < -0.39 is 11.7 Å². The predicted octanol–water partition coefficient (Wildman–Crippen LogP) is 4.15. The van der Waals surface area contributed by atoms with Gasteiger partial charge >= 0.3 is 6.18 Å². The van der Waals surface area contributed by atoms with E-state index in [9.17, 15) is 18.0 Å². The Morgan fingerprint density at radius 1 is 0.963 bits per heavy atom. The van der Waals surface area contributed by atoms with Gasteiger partial charge < -0.3 is 14.8 Å². The van der Waals surface area contributed by atoms with Crippen LogP contribution in [0.25, 0.3) is 10.9 Å². The minimum atomic E-state index is -4.36. The van der Waals surface area contributed by atoms with Crippen molar-refractivity contribution in [3.63, 3.8) is 0 Å². The first-order chi connectivity index (χ1) is 12.9. The molecule has 27 heavy (non-hydrogen) atoms. The van der Waals surface area contributed by atoms with Gasteiger partial charge in [0.25, 0.3) is 5.91 Å². The van der Waals surface area contributed by atoms with Crippen molar-refractivity contribution in [3.05, 3.63) is 65.9 Å². The monoisotopic (exact) mass is 373 g/mol. The maximum atomic E-state index is 12.9. The van der Waals surface area contributed by atoms with Gasteiger partial charge in [0.15, 0.2) is 0 Å². The van der Waals surface area contributed by atoms with Crippen LogP contribution in [-0.2, 0) is 6.18 Å². The Morgan fingerprint density at radius 2 is 1.70 bits per heavy atom. The van der Waals surface area contributed by atoms with Crippen LogP contribution in [0.4, 0.5) is 18.9 Å². The molecule has 0 spiro atoms. The third-order valence-corrected chi connectivity index (χ3v) is 4.93. The molecule has 0 atom stereocenters. The van der Waals surface area contributed by atoms with Crippen molar-refractivity contribution in [3.8, 4) is 0 Å². The van der Waals surface area contributed by atoms with Crippen molar-refractivity contribution < 1.29 is 18.0 Å². The smallest absolute Gasteiger partial charge is 0.368 e. The van der Waals surface area contributed by atoms with Gasteiger partial charge in [0.1, 0.15) is 0 Å². The SMILES string of the molecule is O=C(c1cccc2[nH]ccc12)N1CCN(c2cccc(C(F)(F)F)c2)CC1. The molecule has 0 saturated carbocycles. The van der Waals surface area contributed by atoms with Crippen LogP contribution in [0.15, 0.2) is 54.7 Å². The topological polar surface area (TPSA) is 39.3 Å². The molecule has 1 aromatic heterocycles. The number of halogens is 3. The van der Waals surface area contributed by atoms with Crippen LogP contribution < -0.4 is 4.90 Å². The van der Waals surface area contributed by atoms with Crippen molar-refractivity contribution in [2.45, 2.75) is 6.18 Å². The molecular formula is C20H18F3N3O. The summed E-state index contributed by atoms with van der Waals surface area (Å²) >= 11 is 0. The van der Waals surface area contributed by atoms with Crippen LogP contribution in [0.3, 0.4) is 0 Å². The van der Waals surface area contributed by atoms with Gasteiger partial charge in [-0.15, -0.1) is 0 Å². The molecule has 1 amide bonds. The molecule has 7 heteroatoms. The summed E-state index contributed by atoms with van der Waals surface area (Å²) in [5.41, 5.74) is 1.42. The second-order valence-electron chi connectivity index (χ2n) is 6.57. The van der Waals surface area contributed by atoms with Crippen LogP contribution in [-0.4, -0.2) is 42.0 Å². The van der Waals surface area contributed by atoms with Gasteiger partial charge in [0.2, 0.25) is 0 Å². The first kappa shape index (κ1) is 17.5. The molecule has 4 nitrogen and oxygen atoms in total. The average Bonchev–Trinajstić information content (AvgIpc) is 3.16. The lowest BCUT2D eigenvalue weighted by Gasteiger charge is -2.36. The van der Waals surface area contributed by atoms with E-state index in [-0.39, 0.29) is 5.91 Å². The third-order valence-electron chi connectivity index (χ3n) is 4.93. The lowest BCUT2D eigenvalue weighted by atomic mass is 10.1. The number of hydrogen-bond acceptors (Lipinski definition) is 2. The fourth-order valence-corrected chi connectivity index (χ4v) is 3.49. The van der Waals surface area contributed by atoms with Gasteiger partial charge in [0.05, 0.1) is 5.56 Å². The molecule has 1 aliphatic rings. The zero-order valence-electron chi connectivity index (χ0n) is 14.5. The fraction of sp³-hybridized carbons (Fsp3) is 0.250. The zero-order valence-corrected chi connectivity index (χ0v) is 14.5. The van der Waals surface area contributed by atoms with Crippen LogP contribution in [0.1, 0.15) is 15.9 Å². The Kier molecular flexibility index (Phi) is 4.30. The van der Waals surface area contributed by atoms with E-state index in [1.165, 1.54) is 6.07 Å². The van der Waals surface area contributed by atoms with Gasteiger partial charge in [-0.1, -0.05) is 12.1 Å². The lowest BCUT2D eigenvalue weighted by molar-refractivity contribution is -0.137. The molecule has 1 aliphatic heterocycles. The Labute approximate surface area is 154 Å². The third kappa shape index (κ3) is 3.37. The van der Waals surface area contributed by atoms with Crippen LogP contribution in [0.2, 0.25) is 0 Å². The first-order valence-electron chi connectivity index (χ1n) is 8.71. The number of amides is 1. The van der Waals surface area contributed by atoms with Gasteiger partial charge in [-0.25, -0.2) is 0 Å². The Morgan fingerprint density at radius 3 is 2.44 bits per heavy atom. The standard InChI is InChI=1S/C20H18F3N3O/c21-20(22,23)14-3-1-4-15(13-14)25-9-11-26(12-10-25)19(27)17-5-2-6-18-16(17)7-8-24-18/h1-8,13,24H,9-12H2. The molecule has 0 radical (unpaired) electrons. The number of H-pyrrole nitrogens is 1. The molecule has 1 N–H and O–H groups in total. The number of alkyl halides is 3. The van der Waals surface area contributed by atoms with E-state index in [2.05, 4.69) is 4.98 Å². The number of anilines is 1. The quantitative estimate of drug-likeness (QED) is 0.733. The van der Waals surface area contributed by atoms with Crippen LogP contribution >= 0.6 is 0 Å². The van der Waals surface area contributed by atoms with Gasteiger partial charge in [-0.05, 0) is 36.4 Å². The van der Waals surface area contributed by atoms with E-state index in [0.717, 1.165) is 23.0 Å². The summed E-state index contributed by atoms with van der Waals surface area (Å²) < 4.78 is 38.8.